The first-order chi connectivity index (χ1) is 12.5. The van der Waals surface area contributed by atoms with E-state index in [1.54, 1.807) is 24.3 Å². The molecule has 140 valence electrons. The molecule has 3 nitrogen and oxygen atoms in total. The van der Waals surface area contributed by atoms with Crippen LogP contribution in [0.4, 0.5) is 0 Å². The van der Waals surface area contributed by atoms with Crippen molar-refractivity contribution < 1.29 is 14.3 Å². The topological polar surface area (TPSA) is 46.7 Å². The zero-order valence-electron chi connectivity index (χ0n) is 16.8. The molecule has 1 aliphatic heterocycles. The van der Waals surface area contributed by atoms with E-state index < -0.39 is 11.7 Å². The maximum atomic E-state index is 13.0. The Morgan fingerprint density at radius 3 is 1.63 bits per heavy atom. The number of carbonyl (C=O) groups is 2. The summed E-state index contributed by atoms with van der Waals surface area (Å²) in [4.78, 5) is 26.0. The molecule has 0 radical (unpaired) electrons. The van der Waals surface area contributed by atoms with Gasteiger partial charge in [-0.2, -0.15) is 0 Å². The zero-order valence-corrected chi connectivity index (χ0v) is 16.8. The Balaban J connectivity index is 1.81. The van der Waals surface area contributed by atoms with Crippen molar-refractivity contribution in [3.8, 4) is 0 Å². The number of ether oxygens (including phenoxy) is 1. The second-order valence-corrected chi connectivity index (χ2v) is 9.78. The second-order valence-electron chi connectivity index (χ2n) is 9.78. The van der Waals surface area contributed by atoms with Gasteiger partial charge in [0.1, 0.15) is 6.10 Å². The van der Waals surface area contributed by atoms with E-state index in [1.165, 1.54) is 11.1 Å². The standard InChI is InChI=1S/C24H26O3/c1-22(2,3)15-11-14(12-16(13-15)23(4,5)6)21-24(27-21)19(25)17-9-7-8-10-18(17)20(24)26/h7-13,21H,1-6H3. The van der Waals surface area contributed by atoms with Gasteiger partial charge in [0, 0.05) is 11.1 Å². The van der Waals surface area contributed by atoms with Crippen LogP contribution in [0.25, 0.3) is 0 Å². The molecule has 1 unspecified atom stereocenters. The fourth-order valence-electron chi connectivity index (χ4n) is 3.85. The Hall–Kier alpha value is -2.26. The lowest BCUT2D eigenvalue weighted by Gasteiger charge is -2.26. The van der Waals surface area contributed by atoms with Crippen molar-refractivity contribution in [2.45, 2.75) is 64.1 Å². The number of carbonyl (C=O) groups excluding carboxylic acids is 2. The van der Waals surface area contributed by atoms with Gasteiger partial charge in [0.05, 0.1) is 0 Å². The van der Waals surface area contributed by atoms with Crippen molar-refractivity contribution in [1.82, 2.24) is 0 Å². The quantitative estimate of drug-likeness (QED) is 0.519. The maximum Gasteiger partial charge on any atom is 0.224 e. The molecule has 1 fully saturated rings. The van der Waals surface area contributed by atoms with Gasteiger partial charge in [-0.15, -0.1) is 0 Å². The van der Waals surface area contributed by atoms with E-state index in [9.17, 15) is 9.59 Å². The van der Waals surface area contributed by atoms with E-state index in [-0.39, 0.29) is 22.4 Å². The van der Waals surface area contributed by atoms with Gasteiger partial charge in [0.25, 0.3) is 0 Å². The molecule has 2 aliphatic rings. The number of Topliss-reactive ketones (excluding diaryl/α,β-unsaturated/α-hetero) is 2. The van der Waals surface area contributed by atoms with E-state index in [1.807, 2.05) is 0 Å². The van der Waals surface area contributed by atoms with Gasteiger partial charge >= 0.3 is 0 Å². The minimum Gasteiger partial charge on any atom is -0.344 e. The van der Waals surface area contributed by atoms with Gasteiger partial charge < -0.3 is 4.74 Å². The third-order valence-corrected chi connectivity index (χ3v) is 5.70. The highest BCUT2D eigenvalue weighted by Crippen LogP contribution is 2.57. The lowest BCUT2D eigenvalue weighted by molar-refractivity contribution is 0.0785. The predicted octanol–water partition coefficient (Wildman–Crippen LogP) is 5.17. The van der Waals surface area contributed by atoms with Gasteiger partial charge in [0.2, 0.25) is 17.2 Å². The highest BCUT2D eigenvalue weighted by molar-refractivity contribution is 6.34. The smallest absolute Gasteiger partial charge is 0.224 e. The number of hydrogen-bond donors (Lipinski definition) is 0. The molecule has 1 saturated heterocycles. The summed E-state index contributed by atoms with van der Waals surface area (Å²) in [7, 11) is 0. The molecule has 27 heavy (non-hydrogen) atoms. The SMILES string of the molecule is CC(C)(C)c1cc(C2OC23C(=O)c2ccccc2C3=O)cc(C(C)(C)C)c1. The second kappa shape index (κ2) is 5.39. The number of hydrogen-bond acceptors (Lipinski definition) is 3. The molecule has 3 heteroatoms. The van der Waals surface area contributed by atoms with Gasteiger partial charge in [-0.25, -0.2) is 0 Å². The molecule has 0 aromatic heterocycles. The van der Waals surface area contributed by atoms with Crippen LogP contribution >= 0.6 is 0 Å². The summed E-state index contributed by atoms with van der Waals surface area (Å²) in [5.74, 6) is -0.404. The monoisotopic (exact) mass is 362 g/mol. The Kier molecular flexibility index (Phi) is 3.61. The van der Waals surface area contributed by atoms with Gasteiger partial charge in [-0.1, -0.05) is 84.0 Å². The average Bonchev–Trinajstić information content (AvgIpc) is 3.31. The summed E-state index contributed by atoms with van der Waals surface area (Å²) >= 11 is 0. The van der Waals surface area contributed by atoms with E-state index >= 15 is 0 Å². The van der Waals surface area contributed by atoms with Crippen LogP contribution in [0.5, 0.6) is 0 Å². The molecule has 0 bridgehead atoms. The lowest BCUT2D eigenvalue weighted by atomic mass is 9.78. The Bertz CT molecular complexity index is 903. The van der Waals surface area contributed by atoms with Crippen LogP contribution in [-0.4, -0.2) is 17.2 Å². The Morgan fingerprint density at radius 2 is 1.22 bits per heavy atom. The highest BCUT2D eigenvalue weighted by atomic mass is 16.6. The first-order valence-electron chi connectivity index (χ1n) is 9.48. The molecule has 1 spiro atoms. The van der Waals surface area contributed by atoms with E-state index in [2.05, 4.69) is 59.7 Å². The minimum absolute atomic E-state index is 0.0370. The molecule has 0 amide bonds. The van der Waals surface area contributed by atoms with Crippen LogP contribution < -0.4 is 0 Å². The lowest BCUT2D eigenvalue weighted by Crippen LogP contribution is -2.27. The van der Waals surface area contributed by atoms with Crippen molar-refractivity contribution >= 4 is 11.6 Å². The molecular weight excluding hydrogens is 336 g/mol. The maximum absolute atomic E-state index is 13.0. The van der Waals surface area contributed by atoms with Crippen LogP contribution in [0, 0.1) is 0 Å². The third-order valence-electron chi connectivity index (χ3n) is 5.70. The van der Waals surface area contributed by atoms with Crippen LogP contribution in [-0.2, 0) is 15.6 Å². The summed E-state index contributed by atoms with van der Waals surface area (Å²) in [6.45, 7) is 13.0. The molecule has 2 aromatic carbocycles. The van der Waals surface area contributed by atoms with Crippen molar-refractivity contribution in [3.63, 3.8) is 0 Å². The molecule has 1 heterocycles. The van der Waals surface area contributed by atoms with E-state index in [0.717, 1.165) is 5.56 Å². The van der Waals surface area contributed by atoms with E-state index in [0.29, 0.717) is 11.1 Å². The first-order valence-corrected chi connectivity index (χ1v) is 9.48. The number of fused-ring (bicyclic) bond motifs is 1. The molecular formula is C24H26O3. The first kappa shape index (κ1) is 18.1. The number of rotatable bonds is 1. The summed E-state index contributed by atoms with van der Waals surface area (Å²) < 4.78 is 5.89. The average molecular weight is 362 g/mol. The van der Waals surface area contributed by atoms with Gasteiger partial charge in [0.15, 0.2) is 0 Å². The van der Waals surface area contributed by atoms with Crippen molar-refractivity contribution in [3.05, 3.63) is 70.3 Å². The molecule has 2 aromatic rings. The molecule has 0 saturated carbocycles. The number of ketones is 2. The summed E-state index contributed by atoms with van der Waals surface area (Å²) in [5, 5.41) is 0. The van der Waals surface area contributed by atoms with Crippen LogP contribution in [0.15, 0.2) is 42.5 Å². The van der Waals surface area contributed by atoms with Crippen molar-refractivity contribution in [2.24, 2.45) is 0 Å². The minimum atomic E-state index is -1.35. The Labute approximate surface area is 160 Å². The largest absolute Gasteiger partial charge is 0.344 e. The molecule has 1 aliphatic carbocycles. The fourth-order valence-corrected chi connectivity index (χ4v) is 3.85. The Morgan fingerprint density at radius 1 is 0.778 bits per heavy atom. The molecule has 4 rings (SSSR count). The third kappa shape index (κ3) is 2.60. The molecule has 1 atom stereocenters. The number of benzene rings is 2. The summed E-state index contributed by atoms with van der Waals surface area (Å²) in [6.07, 6.45) is -0.506. The summed E-state index contributed by atoms with van der Waals surface area (Å²) in [6, 6.07) is 13.4. The van der Waals surface area contributed by atoms with Crippen molar-refractivity contribution in [1.29, 1.82) is 0 Å². The van der Waals surface area contributed by atoms with Gasteiger partial charge in [-0.3, -0.25) is 9.59 Å². The highest BCUT2D eigenvalue weighted by Gasteiger charge is 2.72. The normalized spacial score (nSPS) is 20.9. The van der Waals surface area contributed by atoms with Gasteiger partial charge in [-0.05, 0) is 27.5 Å². The fraction of sp³-hybridized carbons (Fsp3) is 0.417. The van der Waals surface area contributed by atoms with Crippen LogP contribution in [0.3, 0.4) is 0 Å². The predicted molar refractivity (Wildman–Crippen MR) is 106 cm³/mol. The van der Waals surface area contributed by atoms with Crippen LogP contribution in [0.1, 0.15) is 85.1 Å². The molecule has 0 N–H and O–H groups in total. The zero-order chi connectivity index (χ0) is 19.8. The van der Waals surface area contributed by atoms with Crippen molar-refractivity contribution in [2.75, 3.05) is 0 Å². The van der Waals surface area contributed by atoms with E-state index in [4.69, 9.17) is 4.74 Å². The van der Waals surface area contributed by atoms with Crippen LogP contribution in [0.2, 0.25) is 0 Å². The summed E-state index contributed by atoms with van der Waals surface area (Å²) in [5.41, 5.74) is 2.82. The number of epoxide rings is 1.